The van der Waals surface area contributed by atoms with Crippen LogP contribution in [0.4, 0.5) is 5.69 Å². The van der Waals surface area contributed by atoms with Gasteiger partial charge in [0, 0.05) is 11.3 Å². The summed E-state index contributed by atoms with van der Waals surface area (Å²) >= 11 is 1.44. The lowest BCUT2D eigenvalue weighted by molar-refractivity contribution is 0.103. The topological polar surface area (TPSA) is 38.3 Å². The molecule has 1 heterocycles. The molecule has 3 nitrogen and oxygen atoms in total. The van der Waals surface area contributed by atoms with Crippen LogP contribution in [0, 0.1) is 0 Å². The summed E-state index contributed by atoms with van der Waals surface area (Å²) in [5, 5.41) is 4.86. The molecule has 0 aliphatic carbocycles. The molecule has 0 bridgehead atoms. The van der Waals surface area contributed by atoms with E-state index in [-0.39, 0.29) is 5.91 Å². The van der Waals surface area contributed by atoms with Gasteiger partial charge < -0.3 is 10.1 Å². The summed E-state index contributed by atoms with van der Waals surface area (Å²) in [5.41, 5.74) is 2.75. The average Bonchev–Trinajstić information content (AvgIpc) is 3.06. The summed E-state index contributed by atoms with van der Waals surface area (Å²) < 4.78 is 5.11. The zero-order valence-electron chi connectivity index (χ0n) is 12.1. The number of hydrogen-bond acceptors (Lipinski definition) is 3. The molecule has 4 heteroatoms. The van der Waals surface area contributed by atoms with Crippen LogP contribution in [0.15, 0.2) is 66.0 Å². The van der Waals surface area contributed by atoms with E-state index in [0.717, 1.165) is 22.6 Å². The van der Waals surface area contributed by atoms with Gasteiger partial charge in [0.2, 0.25) is 0 Å². The van der Waals surface area contributed by atoms with Crippen molar-refractivity contribution in [1.29, 1.82) is 0 Å². The van der Waals surface area contributed by atoms with Crippen LogP contribution in [0.3, 0.4) is 0 Å². The fourth-order valence-electron chi connectivity index (χ4n) is 2.19. The van der Waals surface area contributed by atoms with Crippen molar-refractivity contribution in [2.45, 2.75) is 0 Å². The number of anilines is 1. The van der Waals surface area contributed by atoms with Crippen molar-refractivity contribution in [3.8, 4) is 16.9 Å². The largest absolute Gasteiger partial charge is 0.497 e. The zero-order chi connectivity index (χ0) is 15.4. The van der Waals surface area contributed by atoms with Crippen LogP contribution in [0.2, 0.25) is 0 Å². The van der Waals surface area contributed by atoms with Crippen molar-refractivity contribution in [1.82, 2.24) is 0 Å². The van der Waals surface area contributed by atoms with Gasteiger partial charge in [0.05, 0.1) is 12.0 Å². The summed E-state index contributed by atoms with van der Waals surface area (Å²) in [5.74, 6) is 0.665. The quantitative estimate of drug-likeness (QED) is 0.760. The number of carbonyl (C=O) groups is 1. The first-order valence-electron chi connectivity index (χ1n) is 6.86. The number of methoxy groups -OCH3 is 1. The summed E-state index contributed by atoms with van der Waals surface area (Å²) in [7, 11) is 1.62. The summed E-state index contributed by atoms with van der Waals surface area (Å²) in [6.07, 6.45) is 0. The second-order valence-corrected chi connectivity index (χ2v) is 5.63. The molecule has 0 radical (unpaired) electrons. The predicted octanol–water partition coefficient (Wildman–Crippen LogP) is 4.68. The van der Waals surface area contributed by atoms with Crippen LogP contribution in [0.5, 0.6) is 5.75 Å². The predicted molar refractivity (Wildman–Crippen MR) is 90.7 cm³/mol. The van der Waals surface area contributed by atoms with Gasteiger partial charge in [-0.25, -0.2) is 0 Å². The number of nitrogens with one attached hydrogen (secondary N) is 1. The molecule has 22 heavy (non-hydrogen) atoms. The number of rotatable bonds is 4. The molecule has 1 aromatic heterocycles. The summed E-state index contributed by atoms with van der Waals surface area (Å²) in [4.78, 5) is 13.2. The lowest BCUT2D eigenvalue weighted by atomic mass is 10.1. The minimum atomic E-state index is -0.0981. The molecule has 110 valence electrons. The third kappa shape index (κ3) is 3.02. The molecule has 0 atom stereocenters. The van der Waals surface area contributed by atoms with Crippen LogP contribution in [-0.4, -0.2) is 13.0 Å². The van der Waals surface area contributed by atoms with E-state index in [1.54, 1.807) is 7.11 Å². The number of benzene rings is 2. The maximum atomic E-state index is 12.5. The molecule has 3 rings (SSSR count). The number of hydrogen-bond donors (Lipinski definition) is 1. The Morgan fingerprint density at radius 2 is 1.73 bits per heavy atom. The molecular weight excluding hydrogens is 294 g/mol. The minimum Gasteiger partial charge on any atom is -0.497 e. The molecular formula is C18H15NO2S. The number of carbonyl (C=O) groups excluding carboxylic acids is 1. The monoisotopic (exact) mass is 309 g/mol. The first kappa shape index (κ1) is 14.4. The van der Waals surface area contributed by atoms with Gasteiger partial charge in [-0.15, -0.1) is 11.3 Å². The SMILES string of the molecule is COc1ccc(NC(=O)c2sccc2-c2ccccc2)cc1. The molecule has 0 saturated heterocycles. The highest BCUT2D eigenvalue weighted by atomic mass is 32.1. The minimum absolute atomic E-state index is 0.0981. The number of amides is 1. The molecule has 0 fully saturated rings. The summed E-state index contributed by atoms with van der Waals surface area (Å²) in [6.45, 7) is 0. The van der Waals surface area contributed by atoms with Gasteiger partial charge in [-0.2, -0.15) is 0 Å². The van der Waals surface area contributed by atoms with Crippen molar-refractivity contribution < 1.29 is 9.53 Å². The van der Waals surface area contributed by atoms with E-state index in [1.807, 2.05) is 66.0 Å². The molecule has 0 saturated carbocycles. The second kappa shape index (κ2) is 6.45. The molecule has 0 spiro atoms. The Kier molecular flexibility index (Phi) is 4.21. The fraction of sp³-hybridized carbons (Fsp3) is 0.0556. The van der Waals surface area contributed by atoms with Crippen molar-refractivity contribution in [2.24, 2.45) is 0 Å². The zero-order valence-corrected chi connectivity index (χ0v) is 12.9. The highest BCUT2D eigenvalue weighted by Gasteiger charge is 2.14. The van der Waals surface area contributed by atoms with Crippen LogP contribution < -0.4 is 10.1 Å². The summed E-state index contributed by atoms with van der Waals surface area (Å²) in [6, 6.07) is 19.2. The van der Waals surface area contributed by atoms with Gasteiger partial charge in [-0.1, -0.05) is 30.3 Å². The Morgan fingerprint density at radius 1 is 1.00 bits per heavy atom. The van der Waals surface area contributed by atoms with Crippen LogP contribution >= 0.6 is 11.3 Å². The highest BCUT2D eigenvalue weighted by Crippen LogP contribution is 2.29. The number of ether oxygens (including phenoxy) is 1. The maximum absolute atomic E-state index is 12.5. The first-order valence-corrected chi connectivity index (χ1v) is 7.74. The number of thiophene rings is 1. The lowest BCUT2D eigenvalue weighted by Crippen LogP contribution is -2.11. The first-order chi connectivity index (χ1) is 10.8. The van der Waals surface area contributed by atoms with Crippen molar-refractivity contribution in [2.75, 3.05) is 12.4 Å². The van der Waals surface area contributed by atoms with Gasteiger partial charge in [-0.05, 0) is 41.3 Å². The van der Waals surface area contributed by atoms with Crippen molar-refractivity contribution in [3.05, 3.63) is 70.9 Å². The molecule has 0 unspecified atom stereocenters. The van der Waals surface area contributed by atoms with E-state index in [1.165, 1.54) is 11.3 Å². The van der Waals surface area contributed by atoms with E-state index < -0.39 is 0 Å². The Morgan fingerprint density at radius 3 is 2.41 bits per heavy atom. The average molecular weight is 309 g/mol. The van der Waals surface area contributed by atoms with Crippen LogP contribution in [0.25, 0.3) is 11.1 Å². The van der Waals surface area contributed by atoms with Crippen LogP contribution in [0.1, 0.15) is 9.67 Å². The normalized spacial score (nSPS) is 10.2. The van der Waals surface area contributed by atoms with Crippen molar-refractivity contribution in [3.63, 3.8) is 0 Å². The van der Waals surface area contributed by atoms with Gasteiger partial charge in [0.1, 0.15) is 5.75 Å². The van der Waals surface area contributed by atoms with E-state index >= 15 is 0 Å². The third-order valence-electron chi connectivity index (χ3n) is 3.30. The second-order valence-electron chi connectivity index (χ2n) is 4.71. The maximum Gasteiger partial charge on any atom is 0.266 e. The molecule has 0 aliphatic heterocycles. The molecule has 1 amide bonds. The van der Waals surface area contributed by atoms with E-state index in [4.69, 9.17) is 4.74 Å². The van der Waals surface area contributed by atoms with Gasteiger partial charge in [-0.3, -0.25) is 4.79 Å². The fourth-order valence-corrected chi connectivity index (χ4v) is 3.00. The molecule has 0 aliphatic rings. The molecule has 3 aromatic rings. The molecule has 1 N–H and O–H groups in total. The third-order valence-corrected chi connectivity index (χ3v) is 4.22. The Balaban J connectivity index is 1.82. The highest BCUT2D eigenvalue weighted by molar-refractivity contribution is 7.12. The lowest BCUT2D eigenvalue weighted by Gasteiger charge is -2.07. The van der Waals surface area contributed by atoms with Gasteiger partial charge in [0.15, 0.2) is 0 Å². The van der Waals surface area contributed by atoms with Crippen molar-refractivity contribution >= 4 is 22.9 Å². The molecule has 2 aromatic carbocycles. The Bertz CT molecular complexity index is 763. The van der Waals surface area contributed by atoms with E-state index in [0.29, 0.717) is 4.88 Å². The Labute approximate surface area is 133 Å². The van der Waals surface area contributed by atoms with Gasteiger partial charge in [0.25, 0.3) is 5.91 Å². The van der Waals surface area contributed by atoms with Crippen LogP contribution in [-0.2, 0) is 0 Å². The van der Waals surface area contributed by atoms with Gasteiger partial charge >= 0.3 is 0 Å². The van der Waals surface area contributed by atoms with E-state index in [9.17, 15) is 4.79 Å². The smallest absolute Gasteiger partial charge is 0.266 e. The Hall–Kier alpha value is -2.59. The standard InChI is InChI=1S/C18H15NO2S/c1-21-15-9-7-14(8-10-15)19-18(20)17-16(11-12-22-17)13-5-3-2-4-6-13/h2-12H,1H3,(H,19,20). The van der Waals surface area contributed by atoms with E-state index in [2.05, 4.69) is 5.32 Å².